The number of rotatable bonds is 5. The molecule has 4 nitrogen and oxygen atoms in total. The second-order valence-corrected chi connectivity index (χ2v) is 4.28. The van der Waals surface area contributed by atoms with E-state index in [0.717, 1.165) is 17.7 Å². The number of ether oxygens (including phenoxy) is 1. The monoisotopic (exact) mass is 273 g/mol. The van der Waals surface area contributed by atoms with Gasteiger partial charge in [-0.05, 0) is 13.8 Å². The second-order valence-electron chi connectivity index (χ2n) is 3.49. The van der Waals surface area contributed by atoms with Gasteiger partial charge in [-0.3, -0.25) is 0 Å². The SMILES string of the molecule is CC(C)Oc1cc(N(C)CCBr)ncn1. The van der Waals surface area contributed by atoms with Gasteiger partial charge < -0.3 is 9.64 Å². The molecule has 0 fully saturated rings. The highest BCUT2D eigenvalue weighted by atomic mass is 79.9. The van der Waals surface area contributed by atoms with E-state index in [0.29, 0.717) is 5.88 Å². The quantitative estimate of drug-likeness (QED) is 0.771. The van der Waals surface area contributed by atoms with Gasteiger partial charge in [-0.15, -0.1) is 0 Å². The summed E-state index contributed by atoms with van der Waals surface area (Å²) >= 11 is 3.39. The van der Waals surface area contributed by atoms with Crippen LogP contribution in [-0.2, 0) is 0 Å². The van der Waals surface area contributed by atoms with Gasteiger partial charge in [0.15, 0.2) is 0 Å². The van der Waals surface area contributed by atoms with Crippen LogP contribution in [0.4, 0.5) is 5.82 Å². The van der Waals surface area contributed by atoms with Gasteiger partial charge in [-0.2, -0.15) is 0 Å². The fourth-order valence-electron chi connectivity index (χ4n) is 1.09. The molecule has 0 N–H and O–H groups in total. The molecule has 0 unspecified atom stereocenters. The van der Waals surface area contributed by atoms with Crippen LogP contribution >= 0.6 is 15.9 Å². The molecule has 0 radical (unpaired) electrons. The zero-order valence-corrected chi connectivity index (χ0v) is 10.9. The van der Waals surface area contributed by atoms with Gasteiger partial charge in [0.2, 0.25) is 5.88 Å². The van der Waals surface area contributed by atoms with Gasteiger partial charge in [0.25, 0.3) is 0 Å². The lowest BCUT2D eigenvalue weighted by Crippen LogP contribution is -2.20. The molecule has 5 heteroatoms. The second kappa shape index (κ2) is 5.90. The van der Waals surface area contributed by atoms with E-state index in [9.17, 15) is 0 Å². The van der Waals surface area contributed by atoms with Crippen LogP contribution in [0.3, 0.4) is 0 Å². The van der Waals surface area contributed by atoms with E-state index in [1.54, 1.807) is 0 Å². The van der Waals surface area contributed by atoms with E-state index >= 15 is 0 Å². The predicted octanol–water partition coefficient (Wildman–Crippen LogP) is 2.09. The summed E-state index contributed by atoms with van der Waals surface area (Å²) in [6.45, 7) is 4.85. The molecule has 0 aliphatic rings. The Morgan fingerprint density at radius 1 is 1.47 bits per heavy atom. The van der Waals surface area contributed by atoms with E-state index in [2.05, 4.69) is 25.9 Å². The van der Waals surface area contributed by atoms with Crippen LogP contribution in [0.1, 0.15) is 13.8 Å². The number of nitrogens with zero attached hydrogens (tertiary/aromatic N) is 3. The maximum Gasteiger partial charge on any atom is 0.218 e. The van der Waals surface area contributed by atoms with Crippen molar-refractivity contribution in [3.63, 3.8) is 0 Å². The minimum atomic E-state index is 0.134. The van der Waals surface area contributed by atoms with Crippen molar-refractivity contribution in [2.45, 2.75) is 20.0 Å². The largest absolute Gasteiger partial charge is 0.475 e. The Hall–Kier alpha value is -0.840. The van der Waals surface area contributed by atoms with Gasteiger partial charge >= 0.3 is 0 Å². The summed E-state index contributed by atoms with van der Waals surface area (Å²) in [7, 11) is 1.99. The summed E-state index contributed by atoms with van der Waals surface area (Å²) in [6.07, 6.45) is 1.66. The third-order valence-electron chi connectivity index (χ3n) is 1.80. The molecule has 0 bridgehead atoms. The van der Waals surface area contributed by atoms with Crippen LogP contribution in [0.5, 0.6) is 5.88 Å². The third-order valence-corrected chi connectivity index (χ3v) is 2.15. The molecule has 0 aromatic carbocycles. The summed E-state index contributed by atoms with van der Waals surface area (Å²) < 4.78 is 5.49. The first-order valence-electron chi connectivity index (χ1n) is 4.89. The highest BCUT2D eigenvalue weighted by Crippen LogP contribution is 2.15. The Labute approximate surface area is 98.8 Å². The van der Waals surface area contributed by atoms with Crippen molar-refractivity contribution in [2.24, 2.45) is 0 Å². The molecule has 0 saturated heterocycles. The molecule has 0 saturated carbocycles. The Morgan fingerprint density at radius 2 is 2.20 bits per heavy atom. The zero-order valence-electron chi connectivity index (χ0n) is 9.27. The minimum absolute atomic E-state index is 0.134. The molecular formula is C10H16BrN3O. The Kier molecular flexibility index (Phi) is 4.81. The van der Waals surface area contributed by atoms with Crippen molar-refractivity contribution in [3.05, 3.63) is 12.4 Å². The van der Waals surface area contributed by atoms with E-state index in [1.807, 2.05) is 31.9 Å². The topological polar surface area (TPSA) is 38.2 Å². The smallest absolute Gasteiger partial charge is 0.218 e. The molecule has 0 aliphatic heterocycles. The molecular weight excluding hydrogens is 258 g/mol. The molecule has 0 amide bonds. The van der Waals surface area contributed by atoms with Gasteiger partial charge in [0.1, 0.15) is 12.1 Å². The Balaban J connectivity index is 2.73. The first-order chi connectivity index (χ1) is 7.13. The molecule has 84 valence electrons. The Morgan fingerprint density at radius 3 is 2.80 bits per heavy atom. The Bertz CT molecular complexity index is 306. The van der Waals surface area contributed by atoms with Crippen LogP contribution in [-0.4, -0.2) is 35.0 Å². The minimum Gasteiger partial charge on any atom is -0.475 e. The predicted molar refractivity (Wildman–Crippen MR) is 64.9 cm³/mol. The molecule has 0 aliphatic carbocycles. The van der Waals surface area contributed by atoms with Crippen molar-refractivity contribution in [1.29, 1.82) is 0 Å². The summed E-state index contributed by atoms with van der Waals surface area (Å²) in [4.78, 5) is 10.3. The van der Waals surface area contributed by atoms with Crippen molar-refractivity contribution < 1.29 is 4.74 Å². The van der Waals surface area contributed by atoms with Crippen molar-refractivity contribution in [2.75, 3.05) is 23.8 Å². The first-order valence-corrected chi connectivity index (χ1v) is 6.01. The number of alkyl halides is 1. The van der Waals surface area contributed by atoms with Gasteiger partial charge in [-0.25, -0.2) is 9.97 Å². The van der Waals surface area contributed by atoms with Crippen LogP contribution in [0.2, 0.25) is 0 Å². The number of hydrogen-bond donors (Lipinski definition) is 0. The molecule has 0 spiro atoms. The standard InChI is InChI=1S/C10H16BrN3O/c1-8(2)15-10-6-9(12-7-13-10)14(3)5-4-11/h6-8H,4-5H2,1-3H3. The molecule has 1 heterocycles. The van der Waals surface area contributed by atoms with Crippen LogP contribution in [0.15, 0.2) is 12.4 Å². The van der Waals surface area contributed by atoms with Gasteiger partial charge in [0.05, 0.1) is 6.10 Å². The normalized spacial score (nSPS) is 10.5. The lowest BCUT2D eigenvalue weighted by molar-refractivity contribution is 0.232. The number of halogens is 1. The third kappa shape index (κ3) is 4.03. The van der Waals surface area contributed by atoms with E-state index < -0.39 is 0 Å². The maximum atomic E-state index is 5.49. The molecule has 1 aromatic heterocycles. The molecule has 1 aromatic rings. The fraction of sp³-hybridized carbons (Fsp3) is 0.600. The summed E-state index contributed by atoms with van der Waals surface area (Å²) in [5.74, 6) is 1.50. The molecule has 15 heavy (non-hydrogen) atoms. The maximum absolute atomic E-state index is 5.49. The number of aromatic nitrogens is 2. The highest BCUT2D eigenvalue weighted by Gasteiger charge is 2.05. The lowest BCUT2D eigenvalue weighted by atomic mass is 10.4. The van der Waals surface area contributed by atoms with Crippen molar-refractivity contribution in [3.8, 4) is 5.88 Å². The van der Waals surface area contributed by atoms with Crippen LogP contribution < -0.4 is 9.64 Å². The van der Waals surface area contributed by atoms with Crippen molar-refractivity contribution >= 4 is 21.7 Å². The van der Waals surface area contributed by atoms with E-state index in [-0.39, 0.29) is 6.10 Å². The summed E-state index contributed by atoms with van der Waals surface area (Å²) in [6, 6.07) is 1.85. The fourth-order valence-corrected chi connectivity index (χ4v) is 1.62. The zero-order chi connectivity index (χ0) is 11.3. The molecule has 0 atom stereocenters. The van der Waals surface area contributed by atoms with Crippen molar-refractivity contribution in [1.82, 2.24) is 9.97 Å². The van der Waals surface area contributed by atoms with Crippen LogP contribution in [0, 0.1) is 0 Å². The summed E-state index contributed by atoms with van der Waals surface area (Å²) in [5.41, 5.74) is 0. The lowest BCUT2D eigenvalue weighted by Gasteiger charge is -2.17. The van der Waals surface area contributed by atoms with Gasteiger partial charge in [0, 0.05) is 25.0 Å². The average molecular weight is 274 g/mol. The van der Waals surface area contributed by atoms with E-state index in [4.69, 9.17) is 4.74 Å². The molecule has 1 rings (SSSR count). The first kappa shape index (κ1) is 12.2. The summed E-state index contributed by atoms with van der Waals surface area (Å²) in [5, 5.41) is 0.911. The number of anilines is 1. The van der Waals surface area contributed by atoms with Gasteiger partial charge in [-0.1, -0.05) is 15.9 Å². The number of hydrogen-bond acceptors (Lipinski definition) is 4. The average Bonchev–Trinajstić information content (AvgIpc) is 2.17. The van der Waals surface area contributed by atoms with Crippen LogP contribution in [0.25, 0.3) is 0 Å². The highest BCUT2D eigenvalue weighted by molar-refractivity contribution is 9.09. The van der Waals surface area contributed by atoms with E-state index in [1.165, 1.54) is 6.33 Å².